The standard InChI is InChI=1S/C28H42O3/c1-2-25(31-27-22-17-19-24-18-15-16-21-26(24)27)20-13-11-9-7-5-3-4-6-8-10-12-14-23-28(29)30/h15-19,21-22,25H,2-14,20,23H2,1H3,(H,29,30). The molecule has 31 heavy (non-hydrogen) atoms. The molecule has 0 aliphatic carbocycles. The lowest BCUT2D eigenvalue weighted by Gasteiger charge is -2.19. The van der Waals surface area contributed by atoms with Crippen molar-refractivity contribution in [3.05, 3.63) is 42.5 Å². The van der Waals surface area contributed by atoms with Gasteiger partial charge in [-0.05, 0) is 37.1 Å². The highest BCUT2D eigenvalue weighted by Crippen LogP contribution is 2.27. The highest BCUT2D eigenvalue weighted by atomic mass is 16.5. The third-order valence-corrected chi connectivity index (χ3v) is 6.17. The summed E-state index contributed by atoms with van der Waals surface area (Å²) in [6.07, 6.45) is 17.7. The summed E-state index contributed by atoms with van der Waals surface area (Å²) in [5.74, 6) is 0.356. The van der Waals surface area contributed by atoms with Crippen molar-refractivity contribution in [2.24, 2.45) is 0 Å². The van der Waals surface area contributed by atoms with Crippen LogP contribution in [0.1, 0.15) is 103 Å². The molecule has 0 radical (unpaired) electrons. The fraction of sp³-hybridized carbons (Fsp3) is 0.607. The first kappa shape index (κ1) is 25.2. The number of benzene rings is 2. The largest absolute Gasteiger partial charge is 0.490 e. The molecule has 2 rings (SSSR count). The van der Waals surface area contributed by atoms with E-state index in [1.54, 1.807) is 0 Å². The third kappa shape index (κ3) is 10.7. The first-order valence-corrected chi connectivity index (χ1v) is 12.6. The molecule has 2 aromatic carbocycles. The van der Waals surface area contributed by atoms with Crippen LogP contribution in [-0.2, 0) is 4.79 Å². The predicted octanol–water partition coefficient (Wildman–Crippen LogP) is 8.54. The molecule has 0 aromatic heterocycles. The summed E-state index contributed by atoms with van der Waals surface area (Å²) in [5, 5.41) is 11.1. The van der Waals surface area contributed by atoms with Crippen molar-refractivity contribution in [2.75, 3.05) is 0 Å². The van der Waals surface area contributed by atoms with Crippen LogP contribution in [0.4, 0.5) is 0 Å². The van der Waals surface area contributed by atoms with Crippen LogP contribution in [-0.4, -0.2) is 17.2 Å². The molecule has 1 unspecified atom stereocenters. The van der Waals surface area contributed by atoms with Gasteiger partial charge in [-0.15, -0.1) is 0 Å². The molecule has 0 spiro atoms. The molecule has 0 aliphatic heterocycles. The molecule has 0 fully saturated rings. The number of aliphatic carboxylic acids is 1. The van der Waals surface area contributed by atoms with Crippen molar-refractivity contribution in [3.8, 4) is 5.75 Å². The minimum Gasteiger partial charge on any atom is -0.490 e. The number of ether oxygens (including phenoxy) is 1. The van der Waals surface area contributed by atoms with E-state index < -0.39 is 5.97 Å². The van der Waals surface area contributed by atoms with Crippen molar-refractivity contribution in [1.29, 1.82) is 0 Å². The number of hydrogen-bond acceptors (Lipinski definition) is 2. The topological polar surface area (TPSA) is 46.5 Å². The number of hydrogen-bond donors (Lipinski definition) is 1. The number of fused-ring (bicyclic) bond motifs is 1. The highest BCUT2D eigenvalue weighted by molar-refractivity contribution is 5.88. The number of carboxylic acid groups (broad SMARTS) is 1. The van der Waals surface area contributed by atoms with Gasteiger partial charge in [-0.2, -0.15) is 0 Å². The van der Waals surface area contributed by atoms with Gasteiger partial charge in [-0.1, -0.05) is 108 Å². The molecule has 1 atom stereocenters. The third-order valence-electron chi connectivity index (χ3n) is 6.17. The van der Waals surface area contributed by atoms with Crippen LogP contribution in [0.5, 0.6) is 5.75 Å². The van der Waals surface area contributed by atoms with Crippen LogP contribution >= 0.6 is 0 Å². The average Bonchev–Trinajstić information content (AvgIpc) is 2.78. The average molecular weight is 427 g/mol. The van der Waals surface area contributed by atoms with Crippen molar-refractivity contribution in [3.63, 3.8) is 0 Å². The van der Waals surface area contributed by atoms with Gasteiger partial charge >= 0.3 is 5.97 Å². The number of unbranched alkanes of at least 4 members (excludes halogenated alkanes) is 11. The maximum Gasteiger partial charge on any atom is 0.303 e. The van der Waals surface area contributed by atoms with Crippen LogP contribution < -0.4 is 4.74 Å². The molecule has 0 bridgehead atoms. The molecule has 172 valence electrons. The minimum atomic E-state index is -0.664. The zero-order valence-electron chi connectivity index (χ0n) is 19.5. The Morgan fingerprint density at radius 2 is 1.32 bits per heavy atom. The summed E-state index contributed by atoms with van der Waals surface area (Å²) >= 11 is 0. The summed E-state index contributed by atoms with van der Waals surface area (Å²) in [5.41, 5.74) is 0. The summed E-state index contributed by atoms with van der Waals surface area (Å²) in [4.78, 5) is 10.5. The predicted molar refractivity (Wildman–Crippen MR) is 131 cm³/mol. The fourth-order valence-corrected chi connectivity index (χ4v) is 4.24. The van der Waals surface area contributed by atoms with Crippen molar-refractivity contribution in [2.45, 2.75) is 109 Å². The lowest BCUT2D eigenvalue weighted by Crippen LogP contribution is -2.15. The zero-order valence-corrected chi connectivity index (χ0v) is 19.5. The van der Waals surface area contributed by atoms with Gasteiger partial charge in [0, 0.05) is 11.8 Å². The summed E-state index contributed by atoms with van der Waals surface area (Å²) in [7, 11) is 0. The Labute approximate surface area is 189 Å². The highest BCUT2D eigenvalue weighted by Gasteiger charge is 2.10. The molecule has 1 N–H and O–H groups in total. The lowest BCUT2D eigenvalue weighted by molar-refractivity contribution is -0.137. The second-order valence-corrected chi connectivity index (χ2v) is 8.80. The van der Waals surface area contributed by atoms with E-state index in [2.05, 4.69) is 49.4 Å². The minimum absolute atomic E-state index is 0.307. The van der Waals surface area contributed by atoms with Crippen molar-refractivity contribution < 1.29 is 14.6 Å². The quantitative estimate of drug-likeness (QED) is 0.243. The van der Waals surface area contributed by atoms with Crippen molar-refractivity contribution in [1.82, 2.24) is 0 Å². The smallest absolute Gasteiger partial charge is 0.303 e. The van der Waals surface area contributed by atoms with Gasteiger partial charge < -0.3 is 9.84 Å². The lowest BCUT2D eigenvalue weighted by atomic mass is 10.0. The normalized spacial score (nSPS) is 12.2. The van der Waals surface area contributed by atoms with E-state index >= 15 is 0 Å². The van der Waals surface area contributed by atoms with Gasteiger partial charge in [-0.3, -0.25) is 4.79 Å². The fourth-order valence-electron chi connectivity index (χ4n) is 4.24. The second kappa shape index (κ2) is 15.7. The molecular formula is C28H42O3. The summed E-state index contributed by atoms with van der Waals surface area (Å²) in [6.45, 7) is 2.22. The zero-order chi connectivity index (χ0) is 22.2. The SMILES string of the molecule is CCC(CCCCCCCCCCCCCCC(=O)O)Oc1cccc2ccccc12. The Morgan fingerprint density at radius 1 is 0.774 bits per heavy atom. The Morgan fingerprint density at radius 3 is 1.94 bits per heavy atom. The molecule has 3 nitrogen and oxygen atoms in total. The van der Waals surface area contributed by atoms with Crippen LogP contribution in [0.25, 0.3) is 10.8 Å². The van der Waals surface area contributed by atoms with E-state index in [0.717, 1.165) is 31.4 Å². The number of carboxylic acids is 1. The Balaban J connectivity index is 1.47. The van der Waals surface area contributed by atoms with E-state index in [-0.39, 0.29) is 0 Å². The van der Waals surface area contributed by atoms with Gasteiger partial charge in [0.15, 0.2) is 0 Å². The molecule has 2 aromatic rings. The van der Waals surface area contributed by atoms with Gasteiger partial charge in [-0.25, -0.2) is 0 Å². The number of carbonyl (C=O) groups is 1. The molecule has 3 heteroatoms. The van der Waals surface area contributed by atoms with E-state index in [1.807, 2.05) is 0 Å². The molecule has 0 saturated carbocycles. The second-order valence-electron chi connectivity index (χ2n) is 8.80. The maximum atomic E-state index is 10.5. The maximum absolute atomic E-state index is 10.5. The molecule has 0 saturated heterocycles. The summed E-state index contributed by atoms with van der Waals surface area (Å²) < 4.78 is 6.37. The first-order chi connectivity index (χ1) is 15.2. The molecule has 0 aliphatic rings. The Kier molecular flexibility index (Phi) is 12.8. The van der Waals surface area contributed by atoms with Gasteiger partial charge in [0.05, 0.1) is 6.10 Å². The molecule has 0 heterocycles. The first-order valence-electron chi connectivity index (χ1n) is 12.6. The van der Waals surface area contributed by atoms with Gasteiger partial charge in [0.25, 0.3) is 0 Å². The molecular weight excluding hydrogens is 384 g/mol. The van der Waals surface area contributed by atoms with Crippen LogP contribution in [0.15, 0.2) is 42.5 Å². The van der Waals surface area contributed by atoms with E-state index in [4.69, 9.17) is 9.84 Å². The van der Waals surface area contributed by atoms with E-state index in [0.29, 0.717) is 12.5 Å². The van der Waals surface area contributed by atoms with Crippen LogP contribution in [0.2, 0.25) is 0 Å². The van der Waals surface area contributed by atoms with Crippen LogP contribution in [0.3, 0.4) is 0 Å². The van der Waals surface area contributed by atoms with Gasteiger partial charge in [0.1, 0.15) is 5.75 Å². The van der Waals surface area contributed by atoms with Crippen molar-refractivity contribution >= 4 is 16.7 Å². The number of rotatable bonds is 18. The monoisotopic (exact) mass is 426 g/mol. The van der Waals surface area contributed by atoms with E-state index in [9.17, 15) is 4.79 Å². The van der Waals surface area contributed by atoms with Gasteiger partial charge in [0.2, 0.25) is 0 Å². The van der Waals surface area contributed by atoms with E-state index in [1.165, 1.54) is 75.0 Å². The Hall–Kier alpha value is -2.03. The Bertz CT molecular complexity index is 735. The van der Waals surface area contributed by atoms with Crippen LogP contribution in [0, 0.1) is 0 Å². The summed E-state index contributed by atoms with van der Waals surface area (Å²) in [6, 6.07) is 14.8. The molecule has 0 amide bonds.